The van der Waals surface area contributed by atoms with Gasteiger partial charge in [0.15, 0.2) is 11.7 Å². The Hall–Kier alpha value is -2.87. The van der Waals surface area contributed by atoms with Gasteiger partial charge >= 0.3 is 0 Å². The van der Waals surface area contributed by atoms with Crippen molar-refractivity contribution in [1.29, 1.82) is 0 Å². The Kier molecular flexibility index (Phi) is 6.87. The highest BCUT2D eigenvalue weighted by Crippen LogP contribution is 2.21. The number of nitrogens with one attached hydrogen (secondary N) is 3. The first kappa shape index (κ1) is 20.9. The number of thiocarbonyl (C=S) groups is 1. The minimum atomic E-state index is -0.532. The van der Waals surface area contributed by atoms with Crippen LogP contribution in [0.3, 0.4) is 0 Å². The summed E-state index contributed by atoms with van der Waals surface area (Å²) in [7, 11) is 0. The van der Waals surface area contributed by atoms with E-state index in [2.05, 4.69) is 16.2 Å². The Morgan fingerprint density at radius 3 is 2.45 bits per heavy atom. The molecule has 2 amide bonds. The van der Waals surface area contributed by atoms with Crippen LogP contribution in [0.2, 0.25) is 10.0 Å². The summed E-state index contributed by atoms with van der Waals surface area (Å²) >= 11 is 16.7. The molecule has 0 saturated carbocycles. The molecule has 0 aliphatic carbocycles. The van der Waals surface area contributed by atoms with Crippen LogP contribution in [0.1, 0.15) is 10.4 Å². The van der Waals surface area contributed by atoms with Gasteiger partial charge in [-0.15, -0.1) is 0 Å². The normalized spacial score (nSPS) is 10.3. The largest absolute Gasteiger partial charge is 0.484 e. The number of ether oxygens (including phenoxy) is 1. The Labute approximate surface area is 182 Å². The third kappa shape index (κ3) is 5.80. The van der Waals surface area contributed by atoms with Crippen LogP contribution >= 0.6 is 35.4 Å². The number of rotatable bonds is 4. The second kappa shape index (κ2) is 9.56. The first-order chi connectivity index (χ1) is 13.9. The summed E-state index contributed by atoms with van der Waals surface area (Å²) in [4.78, 5) is 24.1. The van der Waals surface area contributed by atoms with Crippen LogP contribution in [0.4, 0.5) is 0 Å². The van der Waals surface area contributed by atoms with E-state index in [9.17, 15) is 9.59 Å². The van der Waals surface area contributed by atoms with Gasteiger partial charge in [-0.3, -0.25) is 25.8 Å². The van der Waals surface area contributed by atoms with Crippen LogP contribution in [0.25, 0.3) is 10.8 Å². The molecule has 3 aromatic rings. The van der Waals surface area contributed by atoms with Crippen molar-refractivity contribution in [2.75, 3.05) is 6.61 Å². The molecule has 0 bridgehead atoms. The van der Waals surface area contributed by atoms with Crippen LogP contribution < -0.4 is 20.9 Å². The van der Waals surface area contributed by atoms with Crippen LogP contribution in [0, 0.1) is 0 Å². The minimum absolute atomic E-state index is 0.0875. The average molecular weight is 448 g/mol. The van der Waals surface area contributed by atoms with Gasteiger partial charge in [0.1, 0.15) is 5.75 Å². The Morgan fingerprint density at radius 1 is 0.931 bits per heavy atom. The van der Waals surface area contributed by atoms with E-state index in [1.54, 1.807) is 6.07 Å². The zero-order valence-electron chi connectivity index (χ0n) is 14.9. The molecular formula is C20H15Cl2N3O3S. The quantitative estimate of drug-likeness (QED) is 0.417. The van der Waals surface area contributed by atoms with Gasteiger partial charge in [0, 0.05) is 5.02 Å². The van der Waals surface area contributed by atoms with Crippen molar-refractivity contribution in [3.63, 3.8) is 0 Å². The lowest BCUT2D eigenvalue weighted by Crippen LogP contribution is -2.49. The van der Waals surface area contributed by atoms with E-state index in [1.807, 2.05) is 36.4 Å². The molecular weight excluding hydrogens is 433 g/mol. The molecule has 0 aliphatic rings. The molecule has 6 nitrogen and oxygen atoms in total. The number of hydrogen-bond donors (Lipinski definition) is 3. The van der Waals surface area contributed by atoms with Crippen molar-refractivity contribution >= 4 is 63.1 Å². The average Bonchev–Trinajstić information content (AvgIpc) is 2.70. The van der Waals surface area contributed by atoms with Gasteiger partial charge in [-0.25, -0.2) is 0 Å². The van der Waals surface area contributed by atoms with Gasteiger partial charge in [0.05, 0.1) is 10.6 Å². The van der Waals surface area contributed by atoms with Gasteiger partial charge < -0.3 is 4.74 Å². The van der Waals surface area contributed by atoms with Gasteiger partial charge in [-0.2, -0.15) is 0 Å². The fourth-order valence-corrected chi connectivity index (χ4v) is 3.11. The molecule has 148 valence electrons. The van der Waals surface area contributed by atoms with E-state index in [0.29, 0.717) is 10.8 Å². The van der Waals surface area contributed by atoms with E-state index >= 15 is 0 Å². The van der Waals surface area contributed by atoms with E-state index in [0.717, 1.165) is 10.8 Å². The summed E-state index contributed by atoms with van der Waals surface area (Å²) in [6, 6.07) is 17.8. The number of carbonyl (C=O) groups is 2. The standard InChI is InChI=1S/C20H15Cl2N3O3S/c21-14-6-8-16(17(22)10-14)19(27)24-25-20(29)23-18(26)11-28-15-7-5-12-3-1-2-4-13(12)9-15/h1-10H,11H2,(H,24,27)(H2,23,25,26,29). The third-order valence-electron chi connectivity index (χ3n) is 3.81. The maximum Gasteiger partial charge on any atom is 0.271 e. The van der Waals surface area contributed by atoms with Crippen LogP contribution in [-0.2, 0) is 4.79 Å². The number of halogens is 2. The molecule has 0 aliphatic heterocycles. The SMILES string of the molecule is O=C(COc1ccc2ccccc2c1)NC(=S)NNC(=O)c1ccc(Cl)cc1Cl. The zero-order chi connectivity index (χ0) is 20.8. The van der Waals surface area contributed by atoms with Gasteiger partial charge in [0.2, 0.25) is 0 Å². The van der Waals surface area contributed by atoms with Crippen LogP contribution in [0.15, 0.2) is 60.7 Å². The van der Waals surface area contributed by atoms with Crippen LogP contribution in [-0.4, -0.2) is 23.5 Å². The van der Waals surface area contributed by atoms with Crippen molar-refractivity contribution < 1.29 is 14.3 Å². The van der Waals surface area contributed by atoms with Crippen LogP contribution in [0.5, 0.6) is 5.75 Å². The molecule has 0 aromatic heterocycles. The fourth-order valence-electron chi connectivity index (χ4n) is 2.45. The summed E-state index contributed by atoms with van der Waals surface area (Å²) in [5, 5.41) is 5.00. The van der Waals surface area contributed by atoms with E-state index in [4.69, 9.17) is 40.2 Å². The minimum Gasteiger partial charge on any atom is -0.484 e. The van der Waals surface area contributed by atoms with Crippen molar-refractivity contribution in [3.8, 4) is 5.75 Å². The lowest BCUT2D eigenvalue weighted by Gasteiger charge is -2.12. The number of fused-ring (bicyclic) bond motifs is 1. The lowest BCUT2D eigenvalue weighted by atomic mass is 10.1. The molecule has 0 atom stereocenters. The maximum atomic E-state index is 12.1. The van der Waals surface area contributed by atoms with Gasteiger partial charge in [-0.05, 0) is 53.3 Å². The summed E-state index contributed by atoms with van der Waals surface area (Å²) in [6.45, 7) is -0.239. The Morgan fingerprint density at radius 2 is 1.69 bits per heavy atom. The summed E-state index contributed by atoms with van der Waals surface area (Å²) in [5.41, 5.74) is 4.98. The summed E-state index contributed by atoms with van der Waals surface area (Å²) in [5.74, 6) is -0.450. The highest BCUT2D eigenvalue weighted by Gasteiger charge is 2.12. The molecule has 0 unspecified atom stereocenters. The summed E-state index contributed by atoms with van der Waals surface area (Å²) in [6.07, 6.45) is 0. The number of hydrogen-bond acceptors (Lipinski definition) is 4. The van der Waals surface area contributed by atoms with E-state index < -0.39 is 11.8 Å². The van der Waals surface area contributed by atoms with Crippen molar-refractivity contribution in [3.05, 3.63) is 76.3 Å². The van der Waals surface area contributed by atoms with E-state index in [-0.39, 0.29) is 22.3 Å². The first-order valence-corrected chi connectivity index (χ1v) is 9.55. The first-order valence-electron chi connectivity index (χ1n) is 8.39. The smallest absolute Gasteiger partial charge is 0.271 e. The number of amides is 2. The molecule has 0 radical (unpaired) electrons. The predicted octanol–water partition coefficient (Wildman–Crippen LogP) is 3.86. The highest BCUT2D eigenvalue weighted by atomic mass is 35.5. The molecule has 9 heteroatoms. The Bertz CT molecular complexity index is 1090. The highest BCUT2D eigenvalue weighted by molar-refractivity contribution is 7.80. The molecule has 3 rings (SSSR count). The van der Waals surface area contributed by atoms with Crippen molar-refractivity contribution in [1.82, 2.24) is 16.2 Å². The van der Waals surface area contributed by atoms with Gasteiger partial charge in [-0.1, -0.05) is 53.5 Å². The molecule has 0 fully saturated rings. The van der Waals surface area contributed by atoms with E-state index in [1.165, 1.54) is 18.2 Å². The zero-order valence-corrected chi connectivity index (χ0v) is 17.2. The molecule has 3 aromatic carbocycles. The third-order valence-corrected chi connectivity index (χ3v) is 4.56. The molecule has 3 N–H and O–H groups in total. The maximum absolute atomic E-state index is 12.1. The Balaban J connectivity index is 1.46. The number of hydrazine groups is 1. The van der Waals surface area contributed by atoms with Gasteiger partial charge in [0.25, 0.3) is 11.8 Å². The molecule has 0 heterocycles. The topological polar surface area (TPSA) is 79.5 Å². The predicted molar refractivity (Wildman–Crippen MR) is 117 cm³/mol. The van der Waals surface area contributed by atoms with Crippen molar-refractivity contribution in [2.45, 2.75) is 0 Å². The summed E-state index contributed by atoms with van der Waals surface area (Å²) < 4.78 is 5.48. The molecule has 0 spiro atoms. The molecule has 29 heavy (non-hydrogen) atoms. The lowest BCUT2D eigenvalue weighted by molar-refractivity contribution is -0.121. The second-order valence-corrected chi connectivity index (χ2v) is 7.13. The molecule has 0 saturated heterocycles. The number of carbonyl (C=O) groups excluding carboxylic acids is 2. The monoisotopic (exact) mass is 447 g/mol. The van der Waals surface area contributed by atoms with Crippen molar-refractivity contribution in [2.24, 2.45) is 0 Å². The second-order valence-electron chi connectivity index (χ2n) is 5.88. The fraction of sp³-hybridized carbons (Fsp3) is 0.0500. The number of benzene rings is 3.